The van der Waals surface area contributed by atoms with Crippen molar-refractivity contribution < 1.29 is 14.1 Å². The zero-order chi connectivity index (χ0) is 14.2. The fourth-order valence-corrected chi connectivity index (χ4v) is 1.67. The van der Waals surface area contributed by atoms with Crippen molar-refractivity contribution in [2.45, 2.75) is 19.8 Å². The highest BCUT2D eigenvalue weighted by Gasteiger charge is 2.08. The number of aryl methyl sites for hydroxylation is 1. The maximum atomic E-state index is 11.1. The van der Waals surface area contributed by atoms with Crippen molar-refractivity contribution in [3.8, 4) is 11.4 Å². The highest BCUT2D eigenvalue weighted by molar-refractivity contribution is 5.66. The van der Waals surface area contributed by atoms with Gasteiger partial charge in [0.05, 0.1) is 6.61 Å². The molecule has 0 saturated carbocycles. The van der Waals surface area contributed by atoms with E-state index in [1.165, 1.54) is 0 Å². The van der Waals surface area contributed by atoms with Crippen LogP contribution in [0.5, 0.6) is 0 Å². The number of rotatable bonds is 6. The average Bonchev–Trinajstić information content (AvgIpc) is 2.94. The quantitative estimate of drug-likeness (QED) is 0.819. The van der Waals surface area contributed by atoms with Gasteiger partial charge in [0, 0.05) is 18.5 Å². The monoisotopic (exact) mass is 275 g/mol. The number of carbonyl (C=O) groups excluding carboxylic acids is 1. The smallest absolute Gasteiger partial charge is 0.407 e. The second-order valence-electron chi connectivity index (χ2n) is 4.13. The van der Waals surface area contributed by atoms with E-state index in [4.69, 9.17) is 9.26 Å². The Labute approximate surface area is 117 Å². The molecule has 0 atom stereocenters. The van der Waals surface area contributed by atoms with Crippen molar-refractivity contribution in [3.63, 3.8) is 0 Å². The van der Waals surface area contributed by atoms with E-state index >= 15 is 0 Å². The van der Waals surface area contributed by atoms with Crippen LogP contribution in [0.2, 0.25) is 0 Å². The zero-order valence-electron chi connectivity index (χ0n) is 11.3. The number of nitrogens with one attached hydrogen (secondary N) is 1. The first-order valence-electron chi connectivity index (χ1n) is 6.58. The SMILES string of the molecule is CCOC(=O)NCCCc1nc(-c2ccccc2)no1. The molecule has 0 spiro atoms. The molecule has 1 heterocycles. The lowest BCUT2D eigenvalue weighted by molar-refractivity contribution is 0.152. The average molecular weight is 275 g/mol. The molecule has 6 nitrogen and oxygen atoms in total. The molecule has 20 heavy (non-hydrogen) atoms. The van der Waals surface area contributed by atoms with Crippen LogP contribution >= 0.6 is 0 Å². The summed E-state index contributed by atoms with van der Waals surface area (Å²) in [6.45, 7) is 2.65. The van der Waals surface area contributed by atoms with Crippen LogP contribution < -0.4 is 5.32 Å². The van der Waals surface area contributed by atoms with Crippen LogP contribution in [-0.2, 0) is 11.2 Å². The molecule has 6 heteroatoms. The van der Waals surface area contributed by atoms with Crippen LogP contribution in [0.15, 0.2) is 34.9 Å². The van der Waals surface area contributed by atoms with Gasteiger partial charge in [0.25, 0.3) is 0 Å². The highest BCUT2D eigenvalue weighted by atomic mass is 16.5. The maximum Gasteiger partial charge on any atom is 0.407 e. The molecular weight excluding hydrogens is 258 g/mol. The van der Waals surface area contributed by atoms with Crippen molar-refractivity contribution in [1.29, 1.82) is 0 Å². The minimum absolute atomic E-state index is 0.371. The summed E-state index contributed by atoms with van der Waals surface area (Å²) in [4.78, 5) is 15.4. The van der Waals surface area contributed by atoms with Crippen molar-refractivity contribution in [2.75, 3.05) is 13.2 Å². The minimum Gasteiger partial charge on any atom is -0.450 e. The Hall–Kier alpha value is -2.37. The summed E-state index contributed by atoms with van der Waals surface area (Å²) in [6, 6.07) is 9.64. The van der Waals surface area contributed by atoms with Gasteiger partial charge in [-0.3, -0.25) is 0 Å². The van der Waals surface area contributed by atoms with Crippen molar-refractivity contribution in [1.82, 2.24) is 15.5 Å². The summed E-state index contributed by atoms with van der Waals surface area (Å²) in [5.41, 5.74) is 0.923. The number of benzene rings is 1. The molecule has 0 fully saturated rings. The Morgan fingerprint density at radius 1 is 1.35 bits per heavy atom. The summed E-state index contributed by atoms with van der Waals surface area (Å²) >= 11 is 0. The Kier molecular flexibility index (Phi) is 5.11. The van der Waals surface area contributed by atoms with Crippen LogP contribution in [0.3, 0.4) is 0 Å². The first-order valence-corrected chi connectivity index (χ1v) is 6.58. The van der Waals surface area contributed by atoms with E-state index in [9.17, 15) is 4.79 Å². The third kappa shape index (κ3) is 4.08. The Morgan fingerprint density at radius 3 is 2.90 bits per heavy atom. The summed E-state index contributed by atoms with van der Waals surface area (Å²) < 4.78 is 9.92. The summed E-state index contributed by atoms with van der Waals surface area (Å²) in [6.07, 6.45) is 0.935. The topological polar surface area (TPSA) is 77.2 Å². The lowest BCUT2D eigenvalue weighted by Gasteiger charge is -2.03. The first-order chi connectivity index (χ1) is 9.79. The van der Waals surface area contributed by atoms with Gasteiger partial charge in [0.15, 0.2) is 0 Å². The van der Waals surface area contributed by atoms with Gasteiger partial charge in [-0.25, -0.2) is 4.79 Å². The van der Waals surface area contributed by atoms with Gasteiger partial charge in [-0.1, -0.05) is 35.5 Å². The Morgan fingerprint density at radius 2 is 2.15 bits per heavy atom. The maximum absolute atomic E-state index is 11.1. The molecule has 0 aliphatic rings. The molecule has 2 rings (SSSR count). The van der Waals surface area contributed by atoms with E-state index in [2.05, 4.69) is 15.5 Å². The van der Waals surface area contributed by atoms with Gasteiger partial charge < -0.3 is 14.6 Å². The van der Waals surface area contributed by atoms with E-state index in [0.717, 1.165) is 12.0 Å². The fraction of sp³-hybridized carbons (Fsp3) is 0.357. The molecule has 0 bridgehead atoms. The predicted octanol–water partition coefficient (Wildman–Crippen LogP) is 2.42. The summed E-state index contributed by atoms with van der Waals surface area (Å²) in [5, 5.41) is 6.57. The van der Waals surface area contributed by atoms with Gasteiger partial charge in [-0.05, 0) is 13.3 Å². The molecule has 0 aliphatic heterocycles. The zero-order valence-corrected chi connectivity index (χ0v) is 11.3. The lowest BCUT2D eigenvalue weighted by Crippen LogP contribution is -2.25. The largest absolute Gasteiger partial charge is 0.450 e. The van der Waals surface area contributed by atoms with E-state index in [-0.39, 0.29) is 0 Å². The number of ether oxygens (including phenoxy) is 1. The van der Waals surface area contributed by atoms with Crippen molar-refractivity contribution in [3.05, 3.63) is 36.2 Å². The van der Waals surface area contributed by atoms with Gasteiger partial charge in [0.2, 0.25) is 11.7 Å². The van der Waals surface area contributed by atoms with Crippen molar-refractivity contribution >= 4 is 6.09 Å². The molecule has 1 amide bonds. The third-order valence-corrected chi connectivity index (χ3v) is 2.61. The number of hydrogen-bond donors (Lipinski definition) is 1. The molecule has 0 aliphatic carbocycles. The number of hydrogen-bond acceptors (Lipinski definition) is 5. The summed E-state index contributed by atoms with van der Waals surface area (Å²) in [5.74, 6) is 1.15. The summed E-state index contributed by atoms with van der Waals surface area (Å²) in [7, 11) is 0. The molecule has 1 aromatic heterocycles. The lowest BCUT2D eigenvalue weighted by atomic mass is 10.2. The molecule has 0 saturated heterocycles. The second-order valence-corrected chi connectivity index (χ2v) is 4.13. The fourth-order valence-electron chi connectivity index (χ4n) is 1.67. The Balaban J connectivity index is 1.78. The van der Waals surface area contributed by atoms with Crippen LogP contribution in [0, 0.1) is 0 Å². The predicted molar refractivity (Wildman–Crippen MR) is 73.1 cm³/mol. The Bertz CT molecular complexity index is 540. The molecule has 1 aromatic carbocycles. The number of alkyl carbamates (subject to hydrolysis) is 1. The third-order valence-electron chi connectivity index (χ3n) is 2.61. The minimum atomic E-state index is -0.400. The molecular formula is C14H17N3O3. The normalized spacial score (nSPS) is 10.2. The van der Waals surface area contributed by atoms with Crippen LogP contribution in [0.1, 0.15) is 19.2 Å². The van der Waals surface area contributed by atoms with Crippen molar-refractivity contribution in [2.24, 2.45) is 0 Å². The van der Waals surface area contributed by atoms with E-state index in [1.807, 2.05) is 30.3 Å². The number of carbonyl (C=O) groups is 1. The number of nitrogens with zero attached hydrogens (tertiary/aromatic N) is 2. The first kappa shape index (κ1) is 14.0. The molecule has 1 N–H and O–H groups in total. The highest BCUT2D eigenvalue weighted by Crippen LogP contribution is 2.15. The van der Waals surface area contributed by atoms with Gasteiger partial charge in [0.1, 0.15) is 0 Å². The van der Waals surface area contributed by atoms with Gasteiger partial charge in [-0.2, -0.15) is 4.98 Å². The van der Waals surface area contributed by atoms with E-state index < -0.39 is 6.09 Å². The second kappa shape index (κ2) is 7.28. The van der Waals surface area contributed by atoms with E-state index in [1.54, 1.807) is 6.92 Å². The van der Waals surface area contributed by atoms with E-state index in [0.29, 0.717) is 31.3 Å². The molecule has 2 aromatic rings. The van der Waals surface area contributed by atoms with Crippen LogP contribution in [-0.4, -0.2) is 29.4 Å². The molecule has 0 unspecified atom stereocenters. The van der Waals surface area contributed by atoms with Crippen LogP contribution in [0.25, 0.3) is 11.4 Å². The standard InChI is InChI=1S/C14H17N3O3/c1-2-19-14(18)15-10-6-9-12-16-13(17-20-12)11-7-4-3-5-8-11/h3-5,7-8H,2,6,9-10H2,1H3,(H,15,18). The van der Waals surface area contributed by atoms with Gasteiger partial charge >= 0.3 is 6.09 Å². The number of amides is 1. The molecule has 0 radical (unpaired) electrons. The molecule has 106 valence electrons. The number of aromatic nitrogens is 2. The van der Waals surface area contributed by atoms with Crippen LogP contribution in [0.4, 0.5) is 4.79 Å². The van der Waals surface area contributed by atoms with Gasteiger partial charge in [-0.15, -0.1) is 0 Å².